The zero-order chi connectivity index (χ0) is 13.8. The number of nitrogens with one attached hydrogen (secondary N) is 1. The van der Waals surface area contributed by atoms with E-state index in [1.165, 1.54) is 5.56 Å². The number of likely N-dealkylation sites (tertiary alicyclic amines) is 1. The molecule has 3 fully saturated rings. The van der Waals surface area contributed by atoms with Crippen molar-refractivity contribution in [2.24, 2.45) is 5.41 Å². The van der Waals surface area contributed by atoms with Crippen LogP contribution in [-0.2, 0) is 16.1 Å². The second-order valence-electron chi connectivity index (χ2n) is 6.44. The van der Waals surface area contributed by atoms with Crippen molar-refractivity contribution >= 4 is 11.7 Å². The van der Waals surface area contributed by atoms with Crippen LogP contribution in [0.5, 0.6) is 0 Å². The molecule has 1 amide bonds. The van der Waals surface area contributed by atoms with Crippen molar-refractivity contribution in [2.75, 3.05) is 13.1 Å². The number of carbonyl (C=O) groups excluding carboxylic acids is 2. The van der Waals surface area contributed by atoms with Crippen molar-refractivity contribution in [3.63, 3.8) is 0 Å². The molecular weight excluding hydrogens is 252 g/mol. The van der Waals surface area contributed by atoms with E-state index in [4.69, 9.17) is 0 Å². The molecule has 2 atom stereocenters. The largest absolute Gasteiger partial charge is 0.354 e. The van der Waals surface area contributed by atoms with Gasteiger partial charge in [-0.1, -0.05) is 30.3 Å². The van der Waals surface area contributed by atoms with Crippen molar-refractivity contribution in [1.29, 1.82) is 0 Å². The summed E-state index contributed by atoms with van der Waals surface area (Å²) >= 11 is 0. The van der Waals surface area contributed by atoms with Crippen molar-refractivity contribution in [1.82, 2.24) is 10.2 Å². The molecule has 4 rings (SSSR count). The minimum Gasteiger partial charge on any atom is -0.354 e. The molecule has 0 radical (unpaired) electrons. The van der Waals surface area contributed by atoms with E-state index >= 15 is 0 Å². The molecule has 2 unspecified atom stereocenters. The lowest BCUT2D eigenvalue weighted by molar-refractivity contribution is -0.141. The van der Waals surface area contributed by atoms with Crippen molar-refractivity contribution < 1.29 is 9.59 Å². The van der Waals surface area contributed by atoms with Crippen LogP contribution in [0.4, 0.5) is 0 Å². The zero-order valence-electron chi connectivity index (χ0n) is 11.4. The average Bonchev–Trinajstić information content (AvgIpc) is 2.85. The summed E-state index contributed by atoms with van der Waals surface area (Å²) in [4.78, 5) is 26.4. The third-order valence-corrected chi connectivity index (χ3v) is 5.30. The van der Waals surface area contributed by atoms with Gasteiger partial charge in [-0.3, -0.25) is 14.5 Å². The molecule has 1 aliphatic carbocycles. The molecule has 2 spiro atoms. The van der Waals surface area contributed by atoms with Gasteiger partial charge in [0.05, 0.1) is 11.0 Å². The third-order valence-electron chi connectivity index (χ3n) is 5.30. The Morgan fingerprint density at radius 2 is 2.00 bits per heavy atom. The van der Waals surface area contributed by atoms with Crippen molar-refractivity contribution in [3.05, 3.63) is 35.9 Å². The summed E-state index contributed by atoms with van der Waals surface area (Å²) in [5.74, 6) is 0.456. The van der Waals surface area contributed by atoms with Gasteiger partial charge in [-0.2, -0.15) is 0 Å². The van der Waals surface area contributed by atoms with Gasteiger partial charge in [0, 0.05) is 26.1 Å². The molecule has 20 heavy (non-hydrogen) atoms. The Labute approximate surface area is 118 Å². The van der Waals surface area contributed by atoms with Crippen LogP contribution in [-0.4, -0.2) is 35.2 Å². The second-order valence-corrected chi connectivity index (χ2v) is 6.44. The zero-order valence-corrected chi connectivity index (χ0v) is 11.4. The molecule has 1 N–H and O–H groups in total. The molecule has 0 bridgehead atoms. The Bertz CT molecular complexity index is 585. The van der Waals surface area contributed by atoms with E-state index in [2.05, 4.69) is 22.3 Å². The maximum Gasteiger partial charge on any atom is 0.229 e. The summed E-state index contributed by atoms with van der Waals surface area (Å²) in [6.45, 7) is 2.22. The maximum absolute atomic E-state index is 12.2. The molecule has 4 nitrogen and oxygen atoms in total. The van der Waals surface area contributed by atoms with Crippen LogP contribution in [0, 0.1) is 5.41 Å². The SMILES string of the molecule is O=C1NCC12CN(Cc1ccccc1)C1(CCC1=O)C2. The van der Waals surface area contributed by atoms with E-state index in [-0.39, 0.29) is 16.9 Å². The Morgan fingerprint density at radius 3 is 2.50 bits per heavy atom. The first-order chi connectivity index (χ1) is 9.65. The standard InChI is InChI=1S/C16H18N2O2/c19-13-6-7-16(13)9-15(10-17-14(15)20)11-18(16)8-12-4-2-1-3-5-12/h1-5H,6-11H2,(H,17,20). The molecule has 1 aromatic carbocycles. The molecule has 1 saturated carbocycles. The lowest BCUT2D eigenvalue weighted by Crippen LogP contribution is -2.60. The van der Waals surface area contributed by atoms with Crippen LogP contribution < -0.4 is 5.32 Å². The van der Waals surface area contributed by atoms with Crippen LogP contribution in [0.25, 0.3) is 0 Å². The molecule has 104 valence electrons. The fourth-order valence-corrected chi connectivity index (χ4v) is 3.97. The van der Waals surface area contributed by atoms with Gasteiger partial charge in [-0.25, -0.2) is 0 Å². The lowest BCUT2D eigenvalue weighted by atomic mass is 9.66. The highest BCUT2D eigenvalue weighted by molar-refractivity contribution is 5.98. The highest BCUT2D eigenvalue weighted by Crippen LogP contribution is 2.52. The van der Waals surface area contributed by atoms with E-state index in [0.717, 1.165) is 32.5 Å². The second kappa shape index (κ2) is 3.92. The number of hydrogen-bond donors (Lipinski definition) is 1. The first-order valence-corrected chi connectivity index (χ1v) is 7.25. The van der Waals surface area contributed by atoms with Gasteiger partial charge in [-0.15, -0.1) is 0 Å². The molecule has 2 saturated heterocycles. The Kier molecular flexibility index (Phi) is 2.37. The number of rotatable bonds is 2. The summed E-state index contributed by atoms with van der Waals surface area (Å²) in [7, 11) is 0. The number of ketones is 1. The fraction of sp³-hybridized carbons (Fsp3) is 0.500. The van der Waals surface area contributed by atoms with E-state index in [9.17, 15) is 9.59 Å². The molecular formula is C16H18N2O2. The van der Waals surface area contributed by atoms with Crippen LogP contribution in [0.2, 0.25) is 0 Å². The Hall–Kier alpha value is -1.68. The fourth-order valence-electron chi connectivity index (χ4n) is 3.97. The van der Waals surface area contributed by atoms with Gasteiger partial charge in [0.25, 0.3) is 0 Å². The minimum atomic E-state index is -0.354. The van der Waals surface area contributed by atoms with E-state index in [1.54, 1.807) is 0 Å². The van der Waals surface area contributed by atoms with Crippen LogP contribution >= 0.6 is 0 Å². The van der Waals surface area contributed by atoms with E-state index < -0.39 is 0 Å². The third kappa shape index (κ3) is 1.45. The van der Waals surface area contributed by atoms with Gasteiger partial charge in [0.1, 0.15) is 0 Å². The highest BCUT2D eigenvalue weighted by atomic mass is 16.2. The highest BCUT2D eigenvalue weighted by Gasteiger charge is 2.65. The Balaban J connectivity index is 1.63. The maximum atomic E-state index is 12.2. The van der Waals surface area contributed by atoms with Gasteiger partial charge in [-0.05, 0) is 18.4 Å². The van der Waals surface area contributed by atoms with Gasteiger partial charge < -0.3 is 5.32 Å². The normalized spacial score (nSPS) is 36.0. The molecule has 2 aliphatic heterocycles. The summed E-state index contributed by atoms with van der Waals surface area (Å²) in [6, 6.07) is 10.2. The smallest absolute Gasteiger partial charge is 0.229 e. The summed E-state index contributed by atoms with van der Waals surface area (Å²) < 4.78 is 0. The van der Waals surface area contributed by atoms with Crippen LogP contribution in [0.3, 0.4) is 0 Å². The van der Waals surface area contributed by atoms with E-state index in [1.807, 2.05) is 18.2 Å². The number of β-lactam (4-membered cyclic amide) rings is 1. The molecule has 0 aromatic heterocycles. The molecule has 1 aromatic rings. The predicted octanol–water partition coefficient (Wildman–Crippen LogP) is 1.11. The molecule has 4 heteroatoms. The number of hydrogen-bond acceptors (Lipinski definition) is 3. The summed E-state index contributed by atoms with van der Waals surface area (Å²) in [6.07, 6.45) is 2.30. The van der Waals surface area contributed by atoms with Crippen LogP contribution in [0.15, 0.2) is 30.3 Å². The predicted molar refractivity (Wildman–Crippen MR) is 73.9 cm³/mol. The molecule has 2 heterocycles. The molecule has 3 aliphatic rings. The van der Waals surface area contributed by atoms with Crippen molar-refractivity contribution in [3.8, 4) is 0 Å². The quantitative estimate of drug-likeness (QED) is 0.819. The van der Waals surface area contributed by atoms with Crippen molar-refractivity contribution in [2.45, 2.75) is 31.3 Å². The monoisotopic (exact) mass is 270 g/mol. The summed E-state index contributed by atoms with van der Waals surface area (Å²) in [5.41, 5.74) is 0.557. The van der Waals surface area contributed by atoms with Crippen LogP contribution in [0.1, 0.15) is 24.8 Å². The van der Waals surface area contributed by atoms with Gasteiger partial charge in [0.2, 0.25) is 5.91 Å². The Morgan fingerprint density at radius 1 is 1.20 bits per heavy atom. The van der Waals surface area contributed by atoms with Gasteiger partial charge >= 0.3 is 0 Å². The lowest BCUT2D eigenvalue weighted by Gasteiger charge is -2.44. The summed E-state index contributed by atoms with van der Waals surface area (Å²) in [5, 5.41) is 2.85. The number of Topliss-reactive ketones (excluding diaryl/α,β-unsaturated/α-hetero) is 1. The average molecular weight is 270 g/mol. The number of carbonyl (C=O) groups is 2. The first kappa shape index (κ1) is 12.1. The van der Waals surface area contributed by atoms with E-state index in [0.29, 0.717) is 12.2 Å². The topological polar surface area (TPSA) is 49.4 Å². The minimum absolute atomic E-state index is 0.132. The first-order valence-electron chi connectivity index (χ1n) is 7.25. The number of nitrogens with zero attached hydrogens (tertiary/aromatic N) is 1. The van der Waals surface area contributed by atoms with Gasteiger partial charge in [0.15, 0.2) is 5.78 Å². The number of benzene rings is 1. The number of amides is 1.